The summed E-state index contributed by atoms with van der Waals surface area (Å²) in [6.45, 7) is 6.68. The molecule has 1 aromatic heterocycles. The van der Waals surface area contributed by atoms with Crippen molar-refractivity contribution >= 4 is 5.95 Å². The fourth-order valence-corrected chi connectivity index (χ4v) is 2.29. The van der Waals surface area contributed by atoms with Crippen molar-refractivity contribution in [1.82, 2.24) is 14.5 Å². The highest BCUT2D eigenvalue weighted by Crippen LogP contribution is 2.08. The second-order valence-electron chi connectivity index (χ2n) is 4.65. The Morgan fingerprint density at radius 1 is 1.31 bits per heavy atom. The molecule has 1 aromatic rings. The van der Waals surface area contributed by atoms with Gasteiger partial charge in [0.15, 0.2) is 0 Å². The summed E-state index contributed by atoms with van der Waals surface area (Å²) >= 11 is 0. The number of nitrogens with zero attached hydrogens (tertiary/aromatic N) is 3. The van der Waals surface area contributed by atoms with Crippen molar-refractivity contribution in [2.24, 2.45) is 7.05 Å². The Labute approximate surface area is 97.7 Å². The number of hydrogen-bond acceptors (Lipinski definition) is 3. The number of aromatic nitrogens is 2. The van der Waals surface area contributed by atoms with Gasteiger partial charge in [0.1, 0.15) is 0 Å². The molecule has 0 aromatic carbocycles. The van der Waals surface area contributed by atoms with Crippen molar-refractivity contribution in [1.29, 1.82) is 0 Å². The van der Waals surface area contributed by atoms with Gasteiger partial charge in [0.25, 0.3) is 0 Å². The van der Waals surface area contributed by atoms with E-state index in [0.29, 0.717) is 0 Å². The summed E-state index contributed by atoms with van der Waals surface area (Å²) in [5.41, 5.74) is 1.07. The maximum Gasteiger partial charge on any atom is 0.202 e. The fraction of sp³-hybridized carbons (Fsp3) is 0.750. The van der Waals surface area contributed by atoms with Gasteiger partial charge in [-0.15, -0.1) is 0 Å². The monoisotopic (exact) mass is 222 g/mol. The molecule has 0 atom stereocenters. The van der Waals surface area contributed by atoms with Crippen LogP contribution in [0.5, 0.6) is 0 Å². The molecular weight excluding hydrogens is 200 g/mol. The molecule has 2 heterocycles. The topological polar surface area (TPSA) is 33.1 Å². The molecule has 16 heavy (non-hydrogen) atoms. The van der Waals surface area contributed by atoms with E-state index in [2.05, 4.69) is 15.2 Å². The van der Waals surface area contributed by atoms with Crippen LogP contribution >= 0.6 is 0 Å². The Hall–Kier alpha value is -1.03. The Morgan fingerprint density at radius 3 is 2.69 bits per heavy atom. The molecule has 0 spiro atoms. The summed E-state index contributed by atoms with van der Waals surface area (Å²) in [6, 6.07) is 0. The van der Waals surface area contributed by atoms with E-state index in [0.717, 1.165) is 24.7 Å². The number of likely N-dealkylation sites (tertiary alicyclic amines) is 1. The highest BCUT2D eigenvalue weighted by molar-refractivity contribution is 5.28. The number of aryl methyl sites for hydroxylation is 2. The highest BCUT2D eigenvalue weighted by atomic mass is 15.2. The van der Waals surface area contributed by atoms with Crippen LogP contribution in [0, 0.1) is 6.92 Å². The van der Waals surface area contributed by atoms with Crippen molar-refractivity contribution in [2.45, 2.75) is 26.2 Å². The fourth-order valence-electron chi connectivity index (χ4n) is 2.29. The molecule has 2 rings (SSSR count). The Kier molecular flexibility index (Phi) is 3.83. The van der Waals surface area contributed by atoms with Crippen molar-refractivity contribution in [2.75, 3.05) is 31.5 Å². The van der Waals surface area contributed by atoms with Crippen LogP contribution in [0.4, 0.5) is 5.95 Å². The minimum Gasteiger partial charge on any atom is -0.354 e. The van der Waals surface area contributed by atoms with Gasteiger partial charge in [-0.3, -0.25) is 0 Å². The first-order valence-electron chi connectivity index (χ1n) is 6.22. The summed E-state index contributed by atoms with van der Waals surface area (Å²) in [5.74, 6) is 0.981. The number of anilines is 1. The van der Waals surface area contributed by atoms with Crippen LogP contribution in [0.3, 0.4) is 0 Å². The number of hydrogen-bond donors (Lipinski definition) is 1. The summed E-state index contributed by atoms with van der Waals surface area (Å²) in [6.07, 6.45) is 6.18. The Morgan fingerprint density at radius 2 is 2.06 bits per heavy atom. The molecule has 1 fully saturated rings. The van der Waals surface area contributed by atoms with E-state index in [1.54, 1.807) is 0 Å². The molecule has 1 N–H and O–H groups in total. The van der Waals surface area contributed by atoms with Gasteiger partial charge in [0.2, 0.25) is 5.95 Å². The Balaban J connectivity index is 1.73. The smallest absolute Gasteiger partial charge is 0.202 e. The zero-order chi connectivity index (χ0) is 11.4. The van der Waals surface area contributed by atoms with Crippen LogP contribution in [-0.4, -0.2) is 40.6 Å². The van der Waals surface area contributed by atoms with E-state index in [-0.39, 0.29) is 0 Å². The molecule has 0 aliphatic carbocycles. The van der Waals surface area contributed by atoms with E-state index in [1.807, 2.05) is 24.7 Å². The average molecular weight is 222 g/mol. The van der Waals surface area contributed by atoms with Crippen LogP contribution in [0.1, 0.15) is 25.0 Å². The first kappa shape index (κ1) is 11.5. The summed E-state index contributed by atoms with van der Waals surface area (Å²) < 4.78 is 2.05. The van der Waals surface area contributed by atoms with E-state index in [1.165, 1.54) is 32.4 Å². The van der Waals surface area contributed by atoms with Gasteiger partial charge >= 0.3 is 0 Å². The summed E-state index contributed by atoms with van der Waals surface area (Å²) in [5, 5.41) is 3.39. The van der Waals surface area contributed by atoms with Gasteiger partial charge in [-0.2, -0.15) is 0 Å². The van der Waals surface area contributed by atoms with Gasteiger partial charge in [-0.1, -0.05) is 6.42 Å². The lowest BCUT2D eigenvalue weighted by Gasteiger charge is -2.26. The van der Waals surface area contributed by atoms with Crippen molar-refractivity contribution in [3.63, 3.8) is 0 Å². The molecule has 0 bridgehead atoms. The van der Waals surface area contributed by atoms with Crippen LogP contribution in [-0.2, 0) is 7.05 Å². The Bertz CT molecular complexity index is 326. The lowest BCUT2D eigenvalue weighted by molar-refractivity contribution is 0.237. The normalized spacial score (nSPS) is 17.6. The van der Waals surface area contributed by atoms with Gasteiger partial charge in [-0.25, -0.2) is 4.98 Å². The molecule has 0 radical (unpaired) electrons. The van der Waals surface area contributed by atoms with Crippen LogP contribution in [0.15, 0.2) is 6.20 Å². The average Bonchev–Trinajstić information content (AvgIpc) is 2.59. The molecule has 1 saturated heterocycles. The largest absolute Gasteiger partial charge is 0.354 e. The third kappa shape index (κ3) is 2.98. The highest BCUT2D eigenvalue weighted by Gasteiger charge is 2.09. The summed E-state index contributed by atoms with van der Waals surface area (Å²) in [4.78, 5) is 6.96. The third-order valence-corrected chi connectivity index (χ3v) is 3.16. The van der Waals surface area contributed by atoms with E-state index in [4.69, 9.17) is 0 Å². The lowest BCUT2D eigenvalue weighted by Crippen LogP contribution is -2.33. The van der Waals surface area contributed by atoms with E-state index in [9.17, 15) is 0 Å². The van der Waals surface area contributed by atoms with E-state index >= 15 is 0 Å². The minimum absolute atomic E-state index is 0.981. The SMILES string of the molecule is Cc1cn(C)c(NCCN2CCCCC2)n1. The first-order valence-corrected chi connectivity index (χ1v) is 6.22. The molecule has 0 amide bonds. The van der Waals surface area contributed by atoms with E-state index < -0.39 is 0 Å². The molecular formula is C12H22N4. The third-order valence-electron chi connectivity index (χ3n) is 3.16. The van der Waals surface area contributed by atoms with Gasteiger partial charge in [0, 0.05) is 26.3 Å². The number of imidazole rings is 1. The quantitative estimate of drug-likeness (QED) is 0.840. The predicted molar refractivity (Wildman–Crippen MR) is 66.7 cm³/mol. The molecule has 1 aliphatic rings. The zero-order valence-electron chi connectivity index (χ0n) is 10.4. The molecule has 90 valence electrons. The molecule has 0 unspecified atom stereocenters. The van der Waals surface area contributed by atoms with Crippen LogP contribution in [0.25, 0.3) is 0 Å². The molecule has 4 nitrogen and oxygen atoms in total. The first-order chi connectivity index (χ1) is 7.75. The lowest BCUT2D eigenvalue weighted by atomic mass is 10.1. The molecule has 1 aliphatic heterocycles. The second kappa shape index (κ2) is 5.34. The maximum absolute atomic E-state index is 4.43. The summed E-state index contributed by atoms with van der Waals surface area (Å²) in [7, 11) is 2.03. The predicted octanol–water partition coefficient (Wildman–Crippen LogP) is 1.63. The minimum atomic E-state index is 0.981. The number of nitrogens with one attached hydrogen (secondary N) is 1. The van der Waals surface area contributed by atoms with Crippen molar-refractivity contribution in [3.05, 3.63) is 11.9 Å². The standard InChI is InChI=1S/C12H22N4/c1-11-10-15(2)12(14-11)13-6-9-16-7-4-3-5-8-16/h10H,3-9H2,1-2H3,(H,13,14). The number of rotatable bonds is 4. The maximum atomic E-state index is 4.43. The second-order valence-corrected chi connectivity index (χ2v) is 4.65. The zero-order valence-corrected chi connectivity index (χ0v) is 10.4. The van der Waals surface area contributed by atoms with Crippen LogP contribution < -0.4 is 5.32 Å². The van der Waals surface area contributed by atoms with Gasteiger partial charge in [-0.05, 0) is 32.9 Å². The molecule has 4 heteroatoms. The van der Waals surface area contributed by atoms with Crippen molar-refractivity contribution in [3.8, 4) is 0 Å². The van der Waals surface area contributed by atoms with Gasteiger partial charge in [0.05, 0.1) is 5.69 Å². The van der Waals surface area contributed by atoms with Gasteiger partial charge < -0.3 is 14.8 Å². The number of piperidine rings is 1. The van der Waals surface area contributed by atoms with Crippen LogP contribution in [0.2, 0.25) is 0 Å². The van der Waals surface area contributed by atoms with Crippen molar-refractivity contribution < 1.29 is 0 Å². The molecule has 0 saturated carbocycles.